The van der Waals surface area contributed by atoms with Crippen molar-refractivity contribution < 1.29 is 28.7 Å². The summed E-state index contributed by atoms with van der Waals surface area (Å²) in [4.78, 5) is 50.4. The fourth-order valence-electron chi connectivity index (χ4n) is 3.74. The van der Waals surface area contributed by atoms with Crippen LogP contribution in [0.2, 0.25) is 0 Å². The monoisotopic (exact) mass is 510 g/mol. The maximum absolute atomic E-state index is 13.3. The summed E-state index contributed by atoms with van der Waals surface area (Å²) in [7, 11) is 0. The highest BCUT2D eigenvalue weighted by molar-refractivity contribution is 6.26. The van der Waals surface area contributed by atoms with E-state index in [1.54, 1.807) is 19.1 Å². The maximum atomic E-state index is 13.3. The van der Waals surface area contributed by atoms with Crippen molar-refractivity contribution in [2.75, 3.05) is 0 Å². The number of nitrogens with one attached hydrogen (secondary N) is 4. The van der Waals surface area contributed by atoms with Crippen LogP contribution in [0.5, 0.6) is 5.75 Å². The average Bonchev–Trinajstić information content (AvgIpc) is 3.73. The highest BCUT2D eigenvalue weighted by Gasteiger charge is 2.34. The summed E-state index contributed by atoms with van der Waals surface area (Å²) in [6.07, 6.45) is 2.11. The second kappa shape index (κ2) is 12.8. The van der Waals surface area contributed by atoms with E-state index in [1.165, 1.54) is 30.3 Å². The van der Waals surface area contributed by atoms with Gasteiger partial charge in [0.05, 0.1) is 6.21 Å². The molecule has 0 heterocycles. The van der Waals surface area contributed by atoms with Crippen molar-refractivity contribution >= 4 is 29.7 Å². The van der Waals surface area contributed by atoms with Gasteiger partial charge in [0.2, 0.25) is 17.7 Å². The third kappa shape index (κ3) is 8.52. The Morgan fingerprint density at radius 3 is 2.32 bits per heavy atom. The number of phenols is 1. The van der Waals surface area contributed by atoms with Crippen molar-refractivity contribution in [3.8, 4) is 5.75 Å². The SMILES string of the molecule is Cc1cc(C[C@H](NC(=O)C2CC2)C(=O)N[C@@H](CCC(=O)C=N)C(=O)NCc2ccc(F)cc2)ccc1O. The van der Waals surface area contributed by atoms with E-state index >= 15 is 0 Å². The van der Waals surface area contributed by atoms with Gasteiger partial charge in [-0.2, -0.15) is 0 Å². The van der Waals surface area contributed by atoms with Crippen molar-refractivity contribution in [3.05, 3.63) is 65.0 Å². The summed E-state index contributed by atoms with van der Waals surface area (Å²) < 4.78 is 13.2. The minimum Gasteiger partial charge on any atom is -0.508 e. The van der Waals surface area contributed by atoms with Gasteiger partial charge in [-0.1, -0.05) is 24.3 Å². The topological polar surface area (TPSA) is 148 Å². The summed E-state index contributed by atoms with van der Waals surface area (Å²) in [6, 6.07) is 8.37. The minimum absolute atomic E-state index is 0.0448. The molecule has 5 N–H and O–H groups in total. The highest BCUT2D eigenvalue weighted by Crippen LogP contribution is 2.29. The molecule has 10 heteroatoms. The van der Waals surface area contributed by atoms with E-state index in [1.807, 2.05) is 0 Å². The van der Waals surface area contributed by atoms with Crippen LogP contribution < -0.4 is 16.0 Å². The van der Waals surface area contributed by atoms with Gasteiger partial charge < -0.3 is 26.5 Å². The predicted molar refractivity (Wildman–Crippen MR) is 134 cm³/mol. The molecule has 9 nitrogen and oxygen atoms in total. The van der Waals surface area contributed by atoms with Gasteiger partial charge in [0.1, 0.15) is 23.7 Å². The van der Waals surface area contributed by atoms with Crippen LogP contribution in [0.4, 0.5) is 4.39 Å². The van der Waals surface area contributed by atoms with Crippen molar-refractivity contribution in [3.63, 3.8) is 0 Å². The fourth-order valence-corrected chi connectivity index (χ4v) is 3.74. The number of carbonyl (C=O) groups is 4. The molecule has 1 aliphatic carbocycles. The van der Waals surface area contributed by atoms with Crippen molar-refractivity contribution in [1.82, 2.24) is 16.0 Å². The summed E-state index contributed by atoms with van der Waals surface area (Å²) in [6.45, 7) is 1.80. The van der Waals surface area contributed by atoms with Gasteiger partial charge in [-0.15, -0.1) is 0 Å². The van der Waals surface area contributed by atoms with E-state index < -0.39 is 35.5 Å². The number of hydrogen-bond donors (Lipinski definition) is 5. The second-order valence-corrected chi connectivity index (χ2v) is 9.22. The normalized spacial score (nSPS) is 14.2. The lowest BCUT2D eigenvalue weighted by Gasteiger charge is -2.23. The quantitative estimate of drug-likeness (QED) is 0.262. The molecule has 2 atom stereocenters. The molecular formula is C27H31FN4O5. The van der Waals surface area contributed by atoms with E-state index in [-0.39, 0.29) is 43.4 Å². The van der Waals surface area contributed by atoms with Crippen LogP contribution in [0.1, 0.15) is 42.4 Å². The number of halogens is 1. The zero-order chi connectivity index (χ0) is 26.9. The number of aryl methyl sites for hydroxylation is 1. The molecular weight excluding hydrogens is 479 g/mol. The first-order chi connectivity index (χ1) is 17.7. The molecule has 0 bridgehead atoms. The van der Waals surface area contributed by atoms with E-state index in [0.717, 1.165) is 12.8 Å². The van der Waals surface area contributed by atoms with Crippen LogP contribution in [0.25, 0.3) is 0 Å². The standard InChI is InChI=1S/C27H31FN4O5/c1-16-12-18(4-11-24(16)34)13-23(32-25(35)19-5-6-19)27(37)31-22(10-9-21(33)14-29)26(36)30-15-17-2-7-20(28)8-3-17/h2-4,7-8,11-12,14,19,22-23,29,34H,5-6,9-10,13,15H2,1H3,(H,30,36)(H,31,37)(H,32,35)/t22-,23-/m0/s1. The summed E-state index contributed by atoms with van der Waals surface area (Å²) in [5.74, 6) is -2.33. The molecule has 1 fully saturated rings. The molecule has 2 aromatic rings. The number of amides is 3. The first-order valence-corrected chi connectivity index (χ1v) is 12.1. The average molecular weight is 511 g/mol. The number of Topliss-reactive ketones (excluding diaryl/α,β-unsaturated/α-hetero) is 1. The largest absolute Gasteiger partial charge is 0.508 e. The number of phenolic OH excluding ortho intramolecular Hbond substituents is 1. The first-order valence-electron chi connectivity index (χ1n) is 12.1. The Hall–Kier alpha value is -4.08. The Kier molecular flexibility index (Phi) is 9.48. The molecule has 1 saturated carbocycles. The van der Waals surface area contributed by atoms with E-state index in [0.29, 0.717) is 22.9 Å². The highest BCUT2D eigenvalue weighted by atomic mass is 19.1. The molecule has 1 aliphatic rings. The number of carbonyl (C=O) groups excluding carboxylic acids is 4. The molecule has 0 aliphatic heterocycles. The van der Waals surface area contributed by atoms with Crippen LogP contribution in [-0.2, 0) is 32.1 Å². The first kappa shape index (κ1) is 27.5. The van der Waals surface area contributed by atoms with Crippen LogP contribution in [0.15, 0.2) is 42.5 Å². The number of ketones is 1. The molecule has 196 valence electrons. The van der Waals surface area contributed by atoms with Crippen LogP contribution >= 0.6 is 0 Å². The Bertz CT molecular complexity index is 1160. The molecule has 37 heavy (non-hydrogen) atoms. The Morgan fingerprint density at radius 1 is 1.03 bits per heavy atom. The number of rotatable bonds is 13. The number of aromatic hydroxyl groups is 1. The molecule has 0 saturated heterocycles. The van der Waals surface area contributed by atoms with E-state index in [4.69, 9.17) is 5.41 Å². The van der Waals surface area contributed by atoms with Crippen LogP contribution in [-0.4, -0.2) is 46.9 Å². The van der Waals surface area contributed by atoms with Crippen LogP contribution in [0.3, 0.4) is 0 Å². The van der Waals surface area contributed by atoms with Crippen molar-refractivity contribution in [2.45, 2.75) is 57.7 Å². The van der Waals surface area contributed by atoms with E-state index in [9.17, 15) is 28.7 Å². The third-order valence-corrected chi connectivity index (χ3v) is 6.14. The Balaban J connectivity index is 1.73. The number of hydrogen-bond acceptors (Lipinski definition) is 6. The van der Waals surface area contributed by atoms with Crippen molar-refractivity contribution in [1.29, 1.82) is 5.41 Å². The lowest BCUT2D eigenvalue weighted by Crippen LogP contribution is -2.54. The zero-order valence-corrected chi connectivity index (χ0v) is 20.6. The second-order valence-electron chi connectivity index (χ2n) is 9.22. The van der Waals surface area contributed by atoms with Gasteiger partial charge in [0.15, 0.2) is 5.78 Å². The van der Waals surface area contributed by atoms with Gasteiger partial charge in [-0.25, -0.2) is 4.39 Å². The molecule has 0 unspecified atom stereocenters. The van der Waals surface area contributed by atoms with Gasteiger partial charge in [0, 0.05) is 25.3 Å². The maximum Gasteiger partial charge on any atom is 0.243 e. The molecule has 3 rings (SSSR count). The molecule has 0 aromatic heterocycles. The molecule has 2 aromatic carbocycles. The Morgan fingerprint density at radius 2 is 1.70 bits per heavy atom. The lowest BCUT2D eigenvalue weighted by atomic mass is 10.0. The lowest BCUT2D eigenvalue weighted by molar-refractivity contribution is -0.132. The zero-order valence-electron chi connectivity index (χ0n) is 20.6. The van der Waals surface area contributed by atoms with Crippen molar-refractivity contribution in [2.24, 2.45) is 5.92 Å². The smallest absolute Gasteiger partial charge is 0.243 e. The molecule has 3 amide bonds. The summed E-state index contributed by atoms with van der Waals surface area (Å²) in [5, 5.41) is 25.0. The minimum atomic E-state index is -1.10. The molecule has 0 radical (unpaired) electrons. The van der Waals surface area contributed by atoms with Gasteiger partial charge in [-0.3, -0.25) is 19.2 Å². The summed E-state index contributed by atoms with van der Waals surface area (Å²) in [5.41, 5.74) is 1.98. The molecule has 0 spiro atoms. The fraction of sp³-hybridized carbons (Fsp3) is 0.370. The van der Waals surface area contributed by atoms with Crippen LogP contribution in [0, 0.1) is 24.1 Å². The number of benzene rings is 2. The third-order valence-electron chi connectivity index (χ3n) is 6.14. The van der Waals surface area contributed by atoms with Gasteiger partial charge in [-0.05, 0) is 61.1 Å². The Labute approximate surface area is 214 Å². The van der Waals surface area contributed by atoms with Gasteiger partial charge >= 0.3 is 0 Å². The van der Waals surface area contributed by atoms with E-state index in [2.05, 4.69) is 16.0 Å². The predicted octanol–water partition coefficient (Wildman–Crippen LogP) is 2.08. The summed E-state index contributed by atoms with van der Waals surface area (Å²) >= 11 is 0. The van der Waals surface area contributed by atoms with Gasteiger partial charge in [0.25, 0.3) is 0 Å².